The van der Waals surface area contributed by atoms with E-state index in [2.05, 4.69) is 6.92 Å². The molecule has 0 spiro atoms. The van der Waals surface area contributed by atoms with Gasteiger partial charge in [0.15, 0.2) is 0 Å². The molecule has 0 bridgehead atoms. The molecule has 4 heteroatoms. The Morgan fingerprint density at radius 1 is 1.06 bits per heavy atom. The number of aliphatic hydroxyl groups is 1. The molecule has 0 amide bonds. The number of quaternary nitrogens is 1. The number of unbranched alkanes of at least 4 members (excludes halogenated alkanes) is 5. The Kier molecular flexibility index (Phi) is 9.64. The highest BCUT2D eigenvalue weighted by Gasteiger charge is 2.31. The van der Waals surface area contributed by atoms with Crippen LogP contribution < -0.4 is 5.73 Å². The lowest BCUT2D eigenvalue weighted by Crippen LogP contribution is -2.55. The van der Waals surface area contributed by atoms with Gasteiger partial charge in [-0.1, -0.05) is 39.0 Å². The summed E-state index contributed by atoms with van der Waals surface area (Å²) in [5.74, 6) is 0. The van der Waals surface area contributed by atoms with Crippen LogP contribution in [-0.4, -0.2) is 56.2 Å². The third-order valence-corrected chi connectivity index (χ3v) is 3.12. The minimum Gasteiger partial charge on any atom is -0.383 e. The van der Waals surface area contributed by atoms with Crippen LogP contribution in [0, 0.1) is 0 Å². The molecular formula is C14H33N2O2+. The van der Waals surface area contributed by atoms with Crippen LogP contribution in [-0.2, 0) is 4.74 Å². The van der Waals surface area contributed by atoms with Gasteiger partial charge in [0.25, 0.3) is 0 Å². The molecule has 0 rings (SSSR count). The molecule has 0 aromatic rings. The zero-order valence-electron chi connectivity index (χ0n) is 12.7. The molecule has 3 N–H and O–H groups in total. The van der Waals surface area contributed by atoms with E-state index in [1.165, 1.54) is 32.1 Å². The summed E-state index contributed by atoms with van der Waals surface area (Å²) in [5, 5.41) is 9.86. The van der Waals surface area contributed by atoms with Gasteiger partial charge in [0.2, 0.25) is 6.23 Å². The van der Waals surface area contributed by atoms with Gasteiger partial charge in [-0.3, -0.25) is 0 Å². The summed E-state index contributed by atoms with van der Waals surface area (Å²) < 4.78 is 6.39. The van der Waals surface area contributed by atoms with Crippen molar-refractivity contribution in [3.63, 3.8) is 0 Å². The zero-order chi connectivity index (χ0) is 14.0. The Labute approximate surface area is 113 Å². The minimum absolute atomic E-state index is 0.231. The maximum atomic E-state index is 9.86. The molecule has 0 aliphatic heterocycles. The Balaban J connectivity index is 3.78. The molecular weight excluding hydrogens is 228 g/mol. The summed E-state index contributed by atoms with van der Waals surface area (Å²) in [6.45, 7) is 3.18. The number of rotatable bonds is 11. The molecule has 0 heterocycles. The Morgan fingerprint density at radius 3 is 2.11 bits per heavy atom. The van der Waals surface area contributed by atoms with Gasteiger partial charge in [-0.15, -0.1) is 0 Å². The fraction of sp³-hybridized carbons (Fsp3) is 1.00. The number of nitrogens with zero attached hydrogens (tertiary/aromatic N) is 1. The third-order valence-electron chi connectivity index (χ3n) is 3.12. The molecule has 0 aliphatic carbocycles. The van der Waals surface area contributed by atoms with Crippen LogP contribution in [0.1, 0.15) is 45.4 Å². The smallest absolute Gasteiger partial charge is 0.220 e. The summed E-state index contributed by atoms with van der Waals surface area (Å²) in [5.41, 5.74) is 5.51. The van der Waals surface area contributed by atoms with Crippen LogP contribution in [0.4, 0.5) is 0 Å². The van der Waals surface area contributed by atoms with Crippen molar-refractivity contribution >= 4 is 0 Å². The van der Waals surface area contributed by atoms with E-state index in [1.807, 2.05) is 21.1 Å². The maximum absolute atomic E-state index is 9.86. The SMILES string of the molecule is CCCCCCCCOC(C(O)CN)[N+](C)(C)C. The van der Waals surface area contributed by atoms with E-state index in [-0.39, 0.29) is 12.8 Å². The quantitative estimate of drug-likeness (QED) is 0.338. The van der Waals surface area contributed by atoms with Crippen molar-refractivity contribution in [2.45, 2.75) is 57.8 Å². The molecule has 0 saturated heterocycles. The van der Waals surface area contributed by atoms with Gasteiger partial charge in [0.05, 0.1) is 27.7 Å². The van der Waals surface area contributed by atoms with Gasteiger partial charge in [0.1, 0.15) is 6.10 Å². The average Bonchev–Trinajstić information content (AvgIpc) is 2.30. The van der Waals surface area contributed by atoms with E-state index < -0.39 is 6.10 Å². The van der Waals surface area contributed by atoms with E-state index in [1.54, 1.807) is 0 Å². The molecule has 0 fully saturated rings. The van der Waals surface area contributed by atoms with E-state index in [4.69, 9.17) is 10.5 Å². The molecule has 2 unspecified atom stereocenters. The van der Waals surface area contributed by atoms with Crippen molar-refractivity contribution < 1.29 is 14.3 Å². The first-order valence-electron chi connectivity index (χ1n) is 7.24. The molecule has 0 aliphatic rings. The highest BCUT2D eigenvalue weighted by atomic mass is 16.5. The van der Waals surface area contributed by atoms with Crippen molar-refractivity contribution in [2.24, 2.45) is 5.73 Å². The number of ether oxygens (including phenoxy) is 1. The van der Waals surface area contributed by atoms with Crippen molar-refractivity contribution in [3.05, 3.63) is 0 Å². The molecule has 110 valence electrons. The first-order chi connectivity index (χ1) is 8.43. The molecule has 4 nitrogen and oxygen atoms in total. The molecule has 0 saturated carbocycles. The second kappa shape index (κ2) is 9.73. The summed E-state index contributed by atoms with van der Waals surface area (Å²) in [6.07, 6.45) is 6.67. The van der Waals surface area contributed by atoms with E-state index >= 15 is 0 Å². The topological polar surface area (TPSA) is 55.5 Å². The highest BCUT2D eigenvalue weighted by Crippen LogP contribution is 2.11. The van der Waals surface area contributed by atoms with Crippen molar-refractivity contribution in [2.75, 3.05) is 34.3 Å². The van der Waals surface area contributed by atoms with E-state index in [0.29, 0.717) is 11.1 Å². The van der Waals surface area contributed by atoms with Crippen molar-refractivity contribution in [1.29, 1.82) is 0 Å². The molecule has 0 radical (unpaired) electrons. The Hall–Kier alpha value is -0.160. The van der Waals surface area contributed by atoms with Gasteiger partial charge in [-0.25, -0.2) is 0 Å². The van der Waals surface area contributed by atoms with Crippen LogP contribution in [0.25, 0.3) is 0 Å². The largest absolute Gasteiger partial charge is 0.383 e. The number of hydrogen-bond acceptors (Lipinski definition) is 3. The molecule has 18 heavy (non-hydrogen) atoms. The number of nitrogens with two attached hydrogens (primary N) is 1. The zero-order valence-corrected chi connectivity index (χ0v) is 12.7. The number of hydrogen-bond donors (Lipinski definition) is 2. The normalized spacial score (nSPS) is 15.7. The van der Waals surface area contributed by atoms with Crippen LogP contribution >= 0.6 is 0 Å². The lowest BCUT2D eigenvalue weighted by molar-refractivity contribution is -0.923. The van der Waals surface area contributed by atoms with Gasteiger partial charge in [0, 0.05) is 6.54 Å². The fourth-order valence-electron chi connectivity index (χ4n) is 2.05. The van der Waals surface area contributed by atoms with Crippen LogP contribution in [0.2, 0.25) is 0 Å². The van der Waals surface area contributed by atoms with Gasteiger partial charge >= 0.3 is 0 Å². The standard InChI is InChI=1S/C14H33N2O2/c1-5-6-7-8-9-10-11-18-14(13(17)12-15)16(2,3)4/h13-14,17H,5-12,15H2,1-4H3/q+1. The highest BCUT2D eigenvalue weighted by molar-refractivity contribution is 4.60. The minimum atomic E-state index is -0.593. The number of likely N-dealkylation sites (N-methyl/N-ethyl adjacent to an activating group) is 1. The van der Waals surface area contributed by atoms with Crippen LogP contribution in [0.5, 0.6) is 0 Å². The first kappa shape index (κ1) is 17.8. The summed E-state index contributed by atoms with van der Waals surface area (Å²) in [7, 11) is 6.06. The van der Waals surface area contributed by atoms with Gasteiger partial charge in [-0.05, 0) is 6.42 Å². The maximum Gasteiger partial charge on any atom is 0.220 e. The monoisotopic (exact) mass is 261 g/mol. The van der Waals surface area contributed by atoms with Crippen LogP contribution in [0.3, 0.4) is 0 Å². The van der Waals surface area contributed by atoms with Gasteiger partial charge < -0.3 is 20.1 Å². The number of aliphatic hydroxyl groups excluding tert-OH is 1. The van der Waals surface area contributed by atoms with Crippen molar-refractivity contribution in [1.82, 2.24) is 0 Å². The second-order valence-corrected chi connectivity index (χ2v) is 5.95. The molecule has 0 aromatic heterocycles. The van der Waals surface area contributed by atoms with Gasteiger partial charge in [-0.2, -0.15) is 0 Å². The lowest BCUT2D eigenvalue weighted by Gasteiger charge is -2.36. The predicted molar refractivity (Wildman–Crippen MR) is 76.2 cm³/mol. The first-order valence-corrected chi connectivity index (χ1v) is 7.24. The summed E-state index contributed by atoms with van der Waals surface area (Å²) in [6, 6.07) is 0. The summed E-state index contributed by atoms with van der Waals surface area (Å²) >= 11 is 0. The van der Waals surface area contributed by atoms with Crippen molar-refractivity contribution in [3.8, 4) is 0 Å². The molecule has 0 aromatic carbocycles. The summed E-state index contributed by atoms with van der Waals surface area (Å²) in [4.78, 5) is 0. The third kappa shape index (κ3) is 8.03. The molecule has 2 atom stereocenters. The van der Waals surface area contributed by atoms with E-state index in [0.717, 1.165) is 6.42 Å². The Bertz CT molecular complexity index is 193. The Morgan fingerprint density at radius 2 is 1.61 bits per heavy atom. The average molecular weight is 261 g/mol. The van der Waals surface area contributed by atoms with E-state index in [9.17, 15) is 5.11 Å². The predicted octanol–water partition coefficient (Wildman–Crippen LogP) is 1.72. The van der Waals surface area contributed by atoms with Crippen LogP contribution in [0.15, 0.2) is 0 Å². The lowest BCUT2D eigenvalue weighted by atomic mass is 10.1. The fourth-order valence-corrected chi connectivity index (χ4v) is 2.05. The second-order valence-electron chi connectivity index (χ2n) is 5.95.